The fourth-order valence-electron chi connectivity index (χ4n) is 1.18. The van der Waals surface area contributed by atoms with Crippen molar-refractivity contribution in [3.63, 3.8) is 0 Å². The van der Waals surface area contributed by atoms with Crippen LogP contribution < -0.4 is 5.32 Å². The number of nitrogens with one attached hydrogen (secondary N) is 1. The first-order chi connectivity index (χ1) is 8.52. The average molecular weight is 308 g/mol. The Balaban J connectivity index is 2.40. The highest BCUT2D eigenvalue weighted by molar-refractivity contribution is 7.99. The summed E-state index contributed by atoms with van der Waals surface area (Å²) in [7, 11) is 0. The van der Waals surface area contributed by atoms with E-state index in [4.69, 9.17) is 28.3 Å². The first-order valence-electron chi connectivity index (χ1n) is 5.46. The lowest BCUT2D eigenvalue weighted by Gasteiger charge is -2.09. The van der Waals surface area contributed by atoms with E-state index < -0.39 is 0 Å². The molecule has 0 spiro atoms. The van der Waals surface area contributed by atoms with E-state index in [1.165, 1.54) is 11.8 Å². The van der Waals surface area contributed by atoms with Gasteiger partial charge >= 0.3 is 0 Å². The zero-order valence-electron chi connectivity index (χ0n) is 9.95. The van der Waals surface area contributed by atoms with Gasteiger partial charge in [-0.1, -0.05) is 30.1 Å². The van der Waals surface area contributed by atoms with Crippen LogP contribution in [0.1, 0.15) is 6.92 Å². The van der Waals surface area contributed by atoms with Gasteiger partial charge in [-0.3, -0.25) is 4.79 Å². The number of carbonyl (C=O) groups is 1. The Morgan fingerprint density at radius 3 is 2.83 bits per heavy atom. The molecule has 18 heavy (non-hydrogen) atoms. The lowest BCUT2D eigenvalue weighted by atomic mass is 10.2. The third-order valence-electron chi connectivity index (χ3n) is 2.15. The first-order valence-corrected chi connectivity index (χ1v) is 7.37. The predicted molar refractivity (Wildman–Crippen MR) is 78.7 cm³/mol. The number of rotatable bonds is 6. The van der Waals surface area contributed by atoms with Crippen molar-refractivity contribution in [3.8, 4) is 0 Å². The molecule has 0 saturated carbocycles. The van der Waals surface area contributed by atoms with Gasteiger partial charge in [0, 0.05) is 11.6 Å². The van der Waals surface area contributed by atoms with E-state index in [2.05, 4.69) is 5.32 Å². The molecule has 1 rings (SSSR count). The molecular formula is C12H15Cl2NO2S. The zero-order chi connectivity index (χ0) is 13.5. The van der Waals surface area contributed by atoms with Crippen molar-refractivity contribution in [2.24, 2.45) is 5.92 Å². The topological polar surface area (TPSA) is 49.3 Å². The number of aliphatic hydroxyl groups excluding tert-OH is 1. The summed E-state index contributed by atoms with van der Waals surface area (Å²) in [6, 6.07) is 4.92. The van der Waals surface area contributed by atoms with E-state index in [1.54, 1.807) is 18.2 Å². The van der Waals surface area contributed by atoms with Gasteiger partial charge in [0.1, 0.15) is 0 Å². The van der Waals surface area contributed by atoms with E-state index >= 15 is 0 Å². The Hall–Kier alpha value is -0.420. The molecule has 1 aromatic rings. The second kappa shape index (κ2) is 7.89. The molecule has 1 unspecified atom stereocenters. The Bertz CT molecular complexity index is 415. The van der Waals surface area contributed by atoms with Gasteiger partial charge in [-0.2, -0.15) is 11.8 Å². The molecule has 1 amide bonds. The molecular weight excluding hydrogens is 293 g/mol. The number of amides is 1. The Morgan fingerprint density at radius 1 is 1.50 bits per heavy atom. The molecule has 0 bridgehead atoms. The smallest absolute Gasteiger partial charge is 0.234 e. The number of hydrogen-bond acceptors (Lipinski definition) is 3. The Morgan fingerprint density at radius 2 is 2.22 bits per heavy atom. The lowest BCUT2D eigenvalue weighted by Crippen LogP contribution is -2.16. The summed E-state index contributed by atoms with van der Waals surface area (Å²) in [4.78, 5) is 11.6. The molecule has 3 nitrogen and oxygen atoms in total. The highest BCUT2D eigenvalue weighted by Gasteiger charge is 2.07. The summed E-state index contributed by atoms with van der Waals surface area (Å²) in [6.45, 7) is 2.07. The van der Waals surface area contributed by atoms with Crippen molar-refractivity contribution in [3.05, 3.63) is 28.2 Å². The number of benzene rings is 1. The van der Waals surface area contributed by atoms with Crippen molar-refractivity contribution < 1.29 is 9.90 Å². The summed E-state index contributed by atoms with van der Waals surface area (Å²) >= 11 is 13.2. The van der Waals surface area contributed by atoms with Gasteiger partial charge in [0.25, 0.3) is 0 Å². The van der Waals surface area contributed by atoms with Gasteiger partial charge in [-0.15, -0.1) is 0 Å². The predicted octanol–water partition coefficient (Wildman–Crippen LogP) is 3.29. The molecule has 0 radical (unpaired) electrons. The number of carbonyl (C=O) groups excluding carboxylic acids is 1. The van der Waals surface area contributed by atoms with Crippen molar-refractivity contribution >= 4 is 46.6 Å². The number of aliphatic hydroxyl groups is 1. The molecule has 0 aliphatic carbocycles. The second-order valence-electron chi connectivity index (χ2n) is 3.98. The number of hydrogen-bond donors (Lipinski definition) is 2. The fraction of sp³-hybridized carbons (Fsp3) is 0.417. The number of thioether (sulfide) groups is 1. The van der Waals surface area contributed by atoms with Crippen LogP contribution in [0.5, 0.6) is 0 Å². The van der Waals surface area contributed by atoms with Crippen molar-refractivity contribution in [2.45, 2.75) is 6.92 Å². The summed E-state index contributed by atoms with van der Waals surface area (Å²) in [5.74, 6) is 1.16. The monoisotopic (exact) mass is 307 g/mol. The minimum atomic E-state index is -0.116. The van der Waals surface area contributed by atoms with Gasteiger partial charge in [0.05, 0.1) is 16.5 Å². The van der Waals surface area contributed by atoms with Crippen molar-refractivity contribution in [1.82, 2.24) is 0 Å². The van der Waals surface area contributed by atoms with Crippen LogP contribution in [-0.2, 0) is 4.79 Å². The maximum Gasteiger partial charge on any atom is 0.234 e. The Labute approximate surface area is 121 Å². The van der Waals surface area contributed by atoms with E-state index in [9.17, 15) is 4.79 Å². The maximum atomic E-state index is 11.6. The van der Waals surface area contributed by atoms with Crippen LogP contribution >= 0.6 is 35.0 Å². The second-order valence-corrected chi connectivity index (χ2v) is 5.85. The quantitative estimate of drug-likeness (QED) is 0.848. The molecule has 1 atom stereocenters. The highest BCUT2D eigenvalue weighted by Crippen LogP contribution is 2.25. The highest BCUT2D eigenvalue weighted by atomic mass is 35.5. The average Bonchev–Trinajstić information content (AvgIpc) is 2.32. The molecule has 2 N–H and O–H groups in total. The van der Waals surface area contributed by atoms with Crippen LogP contribution in [0.25, 0.3) is 0 Å². The third kappa shape index (κ3) is 5.48. The molecule has 100 valence electrons. The summed E-state index contributed by atoms with van der Waals surface area (Å²) in [6.07, 6.45) is 0. The fourth-order valence-corrected chi connectivity index (χ4v) is 2.52. The van der Waals surface area contributed by atoms with E-state index in [-0.39, 0.29) is 18.4 Å². The van der Waals surface area contributed by atoms with Crippen LogP contribution in [0.4, 0.5) is 5.69 Å². The van der Waals surface area contributed by atoms with Gasteiger partial charge in [0.2, 0.25) is 5.91 Å². The van der Waals surface area contributed by atoms with E-state index in [0.717, 1.165) is 5.75 Å². The van der Waals surface area contributed by atoms with Gasteiger partial charge in [-0.25, -0.2) is 0 Å². The lowest BCUT2D eigenvalue weighted by molar-refractivity contribution is -0.113. The largest absolute Gasteiger partial charge is 0.396 e. The molecule has 0 aliphatic rings. The summed E-state index contributed by atoms with van der Waals surface area (Å²) in [5.41, 5.74) is 0.557. The van der Waals surface area contributed by atoms with E-state index in [1.807, 2.05) is 6.92 Å². The standard InChI is InChI=1S/C12H15Cl2NO2S/c1-8(5-16)6-18-7-12(17)15-11-3-2-9(13)4-10(11)14/h2-4,8,16H,5-7H2,1H3,(H,15,17). The minimum absolute atomic E-state index is 0.116. The van der Waals surface area contributed by atoms with Crippen LogP contribution in [0.15, 0.2) is 18.2 Å². The molecule has 6 heteroatoms. The molecule has 0 heterocycles. The SMILES string of the molecule is CC(CO)CSCC(=O)Nc1ccc(Cl)cc1Cl. The van der Waals surface area contributed by atoms with Crippen LogP contribution in [0, 0.1) is 5.92 Å². The molecule has 0 aliphatic heterocycles. The number of anilines is 1. The maximum absolute atomic E-state index is 11.6. The first kappa shape index (κ1) is 15.6. The third-order valence-corrected chi connectivity index (χ3v) is 3.97. The normalized spacial score (nSPS) is 12.2. The molecule has 0 fully saturated rings. The van der Waals surface area contributed by atoms with Gasteiger partial charge in [0.15, 0.2) is 0 Å². The summed E-state index contributed by atoms with van der Waals surface area (Å²) < 4.78 is 0. The summed E-state index contributed by atoms with van der Waals surface area (Å²) in [5, 5.41) is 12.5. The molecule has 0 aromatic heterocycles. The Kier molecular flexibility index (Phi) is 6.86. The molecule has 1 aromatic carbocycles. The van der Waals surface area contributed by atoms with Crippen LogP contribution in [0.3, 0.4) is 0 Å². The van der Waals surface area contributed by atoms with E-state index in [0.29, 0.717) is 21.5 Å². The van der Waals surface area contributed by atoms with Gasteiger partial charge in [-0.05, 0) is 29.9 Å². The minimum Gasteiger partial charge on any atom is -0.396 e. The van der Waals surface area contributed by atoms with Gasteiger partial charge < -0.3 is 10.4 Å². The molecule has 0 saturated heterocycles. The van der Waals surface area contributed by atoms with Crippen LogP contribution in [-0.4, -0.2) is 29.1 Å². The van der Waals surface area contributed by atoms with Crippen LogP contribution in [0.2, 0.25) is 10.0 Å². The van der Waals surface area contributed by atoms with Crippen molar-refractivity contribution in [1.29, 1.82) is 0 Å². The number of halogens is 2. The zero-order valence-corrected chi connectivity index (χ0v) is 12.3. The van der Waals surface area contributed by atoms with Crippen molar-refractivity contribution in [2.75, 3.05) is 23.4 Å².